The molecule has 3 heteroatoms. The van der Waals surface area contributed by atoms with Crippen LogP contribution in [-0.2, 0) is 0 Å². The number of allylic oxidation sites excluding steroid dienone is 3. The molecule has 1 heterocycles. The molecule has 1 aromatic heterocycles. The first kappa shape index (κ1) is 11.5. The van der Waals surface area contributed by atoms with Crippen molar-refractivity contribution in [2.24, 2.45) is 0 Å². The van der Waals surface area contributed by atoms with Gasteiger partial charge >= 0.3 is 0 Å². The van der Waals surface area contributed by atoms with Gasteiger partial charge in [-0.2, -0.15) is 0 Å². The van der Waals surface area contributed by atoms with Crippen molar-refractivity contribution in [1.29, 1.82) is 0 Å². The summed E-state index contributed by atoms with van der Waals surface area (Å²) in [6.07, 6.45) is 2.90. The van der Waals surface area contributed by atoms with Gasteiger partial charge in [-0.15, -0.1) is 11.3 Å². The van der Waals surface area contributed by atoms with E-state index in [1.165, 1.54) is 24.3 Å². The van der Waals surface area contributed by atoms with Crippen LogP contribution in [-0.4, -0.2) is 10.9 Å². The molecule has 0 aliphatic heterocycles. The van der Waals surface area contributed by atoms with Crippen molar-refractivity contribution in [3.05, 3.63) is 53.0 Å². The molecule has 0 aromatic carbocycles. The molecule has 0 fully saturated rings. The van der Waals surface area contributed by atoms with Crippen LogP contribution in [0.2, 0.25) is 0 Å². The molecule has 78 valence electrons. The second-order valence-corrected chi connectivity index (χ2v) is 4.01. The summed E-state index contributed by atoms with van der Waals surface area (Å²) in [6.45, 7) is 8.61. The Bertz CT molecular complexity index is 438. The van der Waals surface area contributed by atoms with E-state index in [1.807, 2.05) is 0 Å². The molecule has 0 spiro atoms. The number of aliphatic hydroxyl groups excluding tert-OH is 1. The smallest absolute Gasteiger partial charge is 0.169 e. The lowest BCUT2D eigenvalue weighted by molar-refractivity contribution is 0.102. The van der Waals surface area contributed by atoms with Gasteiger partial charge in [0.1, 0.15) is 5.76 Å². The summed E-state index contributed by atoms with van der Waals surface area (Å²) >= 11 is 1.33. The summed E-state index contributed by atoms with van der Waals surface area (Å²) in [4.78, 5) is 12.6. The maximum Gasteiger partial charge on any atom is 0.169 e. The Kier molecular flexibility index (Phi) is 3.63. The van der Waals surface area contributed by atoms with Gasteiger partial charge in [-0.1, -0.05) is 19.2 Å². The fourth-order valence-corrected chi connectivity index (χ4v) is 2.06. The highest BCUT2D eigenvalue weighted by molar-refractivity contribution is 7.15. The topological polar surface area (TPSA) is 37.3 Å². The second-order valence-electron chi connectivity index (χ2n) is 2.93. The maximum atomic E-state index is 11.1. The number of aliphatic hydroxyl groups is 1. The summed E-state index contributed by atoms with van der Waals surface area (Å²) < 4.78 is 0. The number of carbonyl (C=O) groups excluding carboxylic acids is 1. The van der Waals surface area contributed by atoms with Crippen molar-refractivity contribution in [1.82, 2.24) is 0 Å². The van der Waals surface area contributed by atoms with Crippen LogP contribution in [0.1, 0.15) is 21.5 Å². The van der Waals surface area contributed by atoms with E-state index in [9.17, 15) is 9.90 Å². The molecule has 0 atom stereocenters. The quantitative estimate of drug-likeness (QED) is 0.478. The molecule has 1 aromatic rings. The first-order chi connectivity index (χ1) is 7.10. The van der Waals surface area contributed by atoms with Crippen molar-refractivity contribution in [3.8, 4) is 0 Å². The second kappa shape index (κ2) is 4.75. The van der Waals surface area contributed by atoms with Gasteiger partial charge in [0.2, 0.25) is 0 Å². The zero-order chi connectivity index (χ0) is 11.4. The largest absolute Gasteiger partial charge is 0.507 e. The van der Waals surface area contributed by atoms with Crippen LogP contribution < -0.4 is 0 Å². The van der Waals surface area contributed by atoms with Gasteiger partial charge in [0, 0.05) is 10.5 Å². The van der Waals surface area contributed by atoms with Gasteiger partial charge in [0.05, 0.1) is 4.88 Å². The molecule has 0 unspecified atom stereocenters. The molecule has 15 heavy (non-hydrogen) atoms. The van der Waals surface area contributed by atoms with Crippen LogP contribution >= 0.6 is 11.3 Å². The lowest BCUT2D eigenvalue weighted by atomic mass is 10.2. The van der Waals surface area contributed by atoms with Crippen LogP contribution in [0.25, 0.3) is 5.57 Å². The lowest BCUT2D eigenvalue weighted by Crippen LogP contribution is -1.84. The van der Waals surface area contributed by atoms with E-state index < -0.39 is 0 Å². The highest BCUT2D eigenvalue weighted by Gasteiger charge is 2.08. The van der Waals surface area contributed by atoms with Crippen LogP contribution in [0.3, 0.4) is 0 Å². The van der Waals surface area contributed by atoms with Crippen molar-refractivity contribution in [3.63, 3.8) is 0 Å². The summed E-state index contributed by atoms with van der Waals surface area (Å²) in [6, 6.07) is 3.53. The van der Waals surface area contributed by atoms with Gasteiger partial charge in [-0.05, 0) is 25.1 Å². The van der Waals surface area contributed by atoms with Crippen molar-refractivity contribution < 1.29 is 9.90 Å². The van der Waals surface area contributed by atoms with Crippen molar-refractivity contribution in [2.45, 2.75) is 6.92 Å². The third-order valence-corrected chi connectivity index (χ3v) is 3.11. The number of ketones is 1. The van der Waals surface area contributed by atoms with Crippen LogP contribution in [0.15, 0.2) is 43.2 Å². The van der Waals surface area contributed by atoms with Crippen molar-refractivity contribution >= 4 is 22.7 Å². The molecule has 0 aliphatic carbocycles. The van der Waals surface area contributed by atoms with Crippen LogP contribution in [0, 0.1) is 0 Å². The van der Waals surface area contributed by atoms with Crippen LogP contribution in [0.5, 0.6) is 0 Å². The first-order valence-corrected chi connectivity index (χ1v) is 5.21. The Morgan fingerprint density at radius 1 is 1.33 bits per heavy atom. The zero-order valence-electron chi connectivity index (χ0n) is 8.49. The fraction of sp³-hybridized carbons (Fsp3) is 0.0833. The van der Waals surface area contributed by atoms with Gasteiger partial charge < -0.3 is 5.11 Å². The highest BCUT2D eigenvalue weighted by Crippen LogP contribution is 2.27. The average molecular weight is 220 g/mol. The number of Topliss-reactive ketones (excluding diaryl/α,β-unsaturated/α-hetero) is 1. The molecule has 0 aliphatic rings. The van der Waals surface area contributed by atoms with E-state index in [0.29, 0.717) is 10.5 Å². The predicted molar refractivity (Wildman–Crippen MR) is 64.3 cm³/mol. The molecule has 2 nitrogen and oxygen atoms in total. The summed E-state index contributed by atoms with van der Waals surface area (Å²) in [7, 11) is 0. The molecular formula is C12H12O2S. The van der Waals surface area contributed by atoms with Gasteiger partial charge in [0.25, 0.3) is 0 Å². The van der Waals surface area contributed by atoms with Crippen molar-refractivity contribution in [2.75, 3.05) is 0 Å². The van der Waals surface area contributed by atoms with Crippen LogP contribution in [0.4, 0.5) is 0 Å². The fourth-order valence-electron chi connectivity index (χ4n) is 1.11. The summed E-state index contributed by atoms with van der Waals surface area (Å²) in [5.41, 5.74) is 0.600. The molecular weight excluding hydrogens is 208 g/mol. The Labute approximate surface area is 92.9 Å². The van der Waals surface area contributed by atoms with Gasteiger partial charge in [-0.3, -0.25) is 4.79 Å². The average Bonchev–Trinajstić information content (AvgIpc) is 2.68. The SMILES string of the molecule is C=C/C(O)=C(\C=C)c1ccc(C(C)=O)s1. The Morgan fingerprint density at radius 3 is 2.33 bits per heavy atom. The normalized spacial score (nSPS) is 11.8. The predicted octanol–water partition coefficient (Wildman–Crippen LogP) is 3.59. The van der Waals surface area contributed by atoms with E-state index in [2.05, 4.69) is 13.2 Å². The third kappa shape index (κ3) is 2.44. The highest BCUT2D eigenvalue weighted by atomic mass is 32.1. The number of rotatable bonds is 4. The van der Waals surface area contributed by atoms with Gasteiger partial charge in [0.15, 0.2) is 5.78 Å². The molecule has 1 rings (SSSR count). The molecule has 0 saturated carbocycles. The third-order valence-electron chi connectivity index (χ3n) is 1.89. The molecule has 0 bridgehead atoms. The Morgan fingerprint density at radius 2 is 1.93 bits per heavy atom. The first-order valence-electron chi connectivity index (χ1n) is 4.39. The Hall–Kier alpha value is -1.61. The molecule has 0 saturated heterocycles. The summed E-state index contributed by atoms with van der Waals surface area (Å²) in [5.74, 6) is 0.0923. The van der Waals surface area contributed by atoms with Gasteiger partial charge in [-0.25, -0.2) is 0 Å². The summed E-state index contributed by atoms with van der Waals surface area (Å²) in [5, 5.41) is 9.53. The minimum Gasteiger partial charge on any atom is -0.507 e. The number of carbonyl (C=O) groups is 1. The maximum absolute atomic E-state index is 11.1. The minimum absolute atomic E-state index is 0.0211. The minimum atomic E-state index is 0.0211. The van der Waals surface area contributed by atoms with E-state index in [1.54, 1.807) is 18.2 Å². The lowest BCUT2D eigenvalue weighted by Gasteiger charge is -1.99. The number of hydrogen-bond donors (Lipinski definition) is 1. The molecule has 0 amide bonds. The van der Waals surface area contributed by atoms with E-state index in [-0.39, 0.29) is 11.5 Å². The van der Waals surface area contributed by atoms with E-state index in [4.69, 9.17) is 0 Å². The monoisotopic (exact) mass is 220 g/mol. The number of hydrogen-bond acceptors (Lipinski definition) is 3. The Balaban J connectivity index is 3.20. The molecule has 1 N–H and O–H groups in total. The number of thiophene rings is 1. The van der Waals surface area contributed by atoms with E-state index in [0.717, 1.165) is 4.88 Å². The molecule has 0 radical (unpaired) electrons. The zero-order valence-corrected chi connectivity index (χ0v) is 9.30. The standard InChI is InChI=1S/C12H12O2S/c1-4-9(10(14)5-2)12-7-6-11(15-12)8(3)13/h4-7,14H,1-2H2,3H3/b10-9-. The van der Waals surface area contributed by atoms with E-state index >= 15 is 0 Å².